The highest BCUT2D eigenvalue weighted by Crippen LogP contribution is 2.32. The molecule has 2 N–H and O–H groups in total. The highest BCUT2D eigenvalue weighted by atomic mass is 16.5. The Morgan fingerprint density at radius 3 is 2.71 bits per heavy atom. The zero-order valence-electron chi connectivity index (χ0n) is 19.2. The van der Waals surface area contributed by atoms with Crippen LogP contribution in [0.4, 0.5) is 11.5 Å². The minimum atomic E-state index is 0.640. The molecule has 9 nitrogen and oxygen atoms in total. The summed E-state index contributed by atoms with van der Waals surface area (Å²) in [5.41, 5.74) is 4.56. The summed E-state index contributed by atoms with van der Waals surface area (Å²) in [7, 11) is 0. The van der Waals surface area contributed by atoms with Crippen molar-refractivity contribution in [3.63, 3.8) is 0 Å². The molecule has 4 heterocycles. The van der Waals surface area contributed by atoms with E-state index in [-0.39, 0.29) is 0 Å². The van der Waals surface area contributed by atoms with Gasteiger partial charge in [-0.05, 0) is 60.9 Å². The second-order valence-corrected chi connectivity index (χ2v) is 7.85. The van der Waals surface area contributed by atoms with Gasteiger partial charge in [-0.15, -0.1) is 10.2 Å². The van der Waals surface area contributed by atoms with E-state index in [0.717, 1.165) is 35.5 Å². The Balaban J connectivity index is 1.33. The summed E-state index contributed by atoms with van der Waals surface area (Å²) in [6.07, 6.45) is 5.82. The lowest BCUT2D eigenvalue weighted by Gasteiger charge is -2.13. The number of hydrogen-bond acceptors (Lipinski definition) is 8. The number of hydrogen-bond donors (Lipinski definition) is 2. The molecule has 174 valence electrons. The van der Waals surface area contributed by atoms with Gasteiger partial charge in [0.2, 0.25) is 0 Å². The summed E-state index contributed by atoms with van der Waals surface area (Å²) in [6.45, 7) is 2.08. The Bertz CT molecular complexity index is 1390. The van der Waals surface area contributed by atoms with Gasteiger partial charge in [-0.3, -0.25) is 4.98 Å². The van der Waals surface area contributed by atoms with E-state index in [1.165, 1.54) is 0 Å². The smallest absolute Gasteiger partial charge is 0.174 e. The third-order valence-electron chi connectivity index (χ3n) is 5.37. The molecule has 0 spiro atoms. The summed E-state index contributed by atoms with van der Waals surface area (Å²) in [4.78, 5) is 13.7. The van der Waals surface area contributed by atoms with Crippen LogP contribution in [0.5, 0.6) is 11.5 Å². The van der Waals surface area contributed by atoms with Crippen LogP contribution in [0.2, 0.25) is 0 Å². The maximum atomic E-state index is 6.24. The second-order valence-electron chi connectivity index (χ2n) is 7.85. The molecular formula is C26H24N8O. The number of nitrogens with zero attached hydrogens (tertiary/aromatic N) is 6. The van der Waals surface area contributed by atoms with Crippen molar-refractivity contribution in [2.24, 2.45) is 0 Å². The lowest BCUT2D eigenvalue weighted by molar-refractivity contribution is 0.481. The van der Waals surface area contributed by atoms with Crippen molar-refractivity contribution in [1.29, 1.82) is 0 Å². The number of benzene rings is 1. The van der Waals surface area contributed by atoms with E-state index in [0.29, 0.717) is 35.3 Å². The molecule has 9 heteroatoms. The average Bonchev–Trinajstić information content (AvgIpc) is 3.43. The van der Waals surface area contributed by atoms with Crippen LogP contribution in [-0.2, 0) is 19.3 Å². The van der Waals surface area contributed by atoms with Gasteiger partial charge in [0, 0.05) is 36.3 Å². The molecule has 0 radical (unpaired) electrons. The first-order chi connectivity index (χ1) is 17.3. The molecule has 0 fully saturated rings. The van der Waals surface area contributed by atoms with E-state index in [2.05, 4.69) is 55.0 Å². The first-order valence-corrected chi connectivity index (χ1v) is 11.4. The van der Waals surface area contributed by atoms with Crippen LogP contribution in [0.1, 0.15) is 24.0 Å². The topological polar surface area (TPSA) is 114 Å². The zero-order chi connectivity index (χ0) is 23.9. The summed E-state index contributed by atoms with van der Waals surface area (Å²) in [5, 5.41) is 17.5. The number of aromatic nitrogens is 7. The molecular weight excluding hydrogens is 440 g/mol. The van der Waals surface area contributed by atoms with Gasteiger partial charge in [-0.1, -0.05) is 30.3 Å². The van der Waals surface area contributed by atoms with Crippen LogP contribution in [0.15, 0.2) is 79.1 Å². The lowest BCUT2D eigenvalue weighted by Crippen LogP contribution is -1.98. The van der Waals surface area contributed by atoms with Crippen molar-refractivity contribution < 1.29 is 4.74 Å². The summed E-state index contributed by atoms with van der Waals surface area (Å²) >= 11 is 0. The van der Waals surface area contributed by atoms with Gasteiger partial charge in [-0.2, -0.15) is 5.21 Å². The molecule has 0 aliphatic rings. The fraction of sp³-hybridized carbons (Fsp3) is 0.154. The van der Waals surface area contributed by atoms with Gasteiger partial charge in [0.15, 0.2) is 11.6 Å². The fourth-order valence-electron chi connectivity index (χ4n) is 3.62. The van der Waals surface area contributed by atoms with Crippen molar-refractivity contribution in [2.45, 2.75) is 26.2 Å². The Labute approximate surface area is 202 Å². The fourth-order valence-corrected chi connectivity index (χ4v) is 3.62. The third-order valence-corrected chi connectivity index (χ3v) is 5.37. The quantitative estimate of drug-likeness (QED) is 0.315. The normalized spacial score (nSPS) is 10.8. The first-order valence-electron chi connectivity index (χ1n) is 11.4. The predicted molar refractivity (Wildman–Crippen MR) is 132 cm³/mol. The minimum absolute atomic E-state index is 0.640. The van der Waals surface area contributed by atoms with Crippen molar-refractivity contribution in [1.82, 2.24) is 35.6 Å². The van der Waals surface area contributed by atoms with Gasteiger partial charge in [0.05, 0.1) is 5.69 Å². The number of tetrazole rings is 1. The number of nitrogens with one attached hydrogen (secondary N) is 2. The van der Waals surface area contributed by atoms with E-state index in [4.69, 9.17) is 9.72 Å². The second kappa shape index (κ2) is 10.5. The van der Waals surface area contributed by atoms with E-state index in [1.54, 1.807) is 12.4 Å². The molecule has 5 aromatic rings. The molecule has 1 aromatic carbocycles. The van der Waals surface area contributed by atoms with Crippen molar-refractivity contribution >= 4 is 11.5 Å². The monoisotopic (exact) mass is 464 g/mol. The molecule has 0 unspecified atom stereocenters. The molecule has 5 rings (SSSR count). The van der Waals surface area contributed by atoms with Gasteiger partial charge in [-0.25, -0.2) is 9.97 Å². The third kappa shape index (κ3) is 5.64. The zero-order valence-corrected chi connectivity index (χ0v) is 19.2. The highest BCUT2D eigenvalue weighted by Gasteiger charge is 2.12. The molecule has 0 saturated heterocycles. The highest BCUT2D eigenvalue weighted by molar-refractivity contribution is 5.64. The van der Waals surface area contributed by atoms with E-state index >= 15 is 0 Å². The van der Waals surface area contributed by atoms with Crippen LogP contribution in [0, 0.1) is 0 Å². The van der Waals surface area contributed by atoms with Crippen molar-refractivity contribution in [3.05, 3.63) is 96.2 Å². The lowest BCUT2D eigenvalue weighted by atomic mass is 10.1. The molecule has 0 bridgehead atoms. The number of ether oxygens (including phenoxy) is 1. The summed E-state index contributed by atoms with van der Waals surface area (Å²) < 4.78 is 6.24. The van der Waals surface area contributed by atoms with Crippen molar-refractivity contribution in [3.8, 4) is 22.9 Å². The van der Waals surface area contributed by atoms with E-state index in [9.17, 15) is 0 Å². The molecule has 0 atom stereocenters. The van der Waals surface area contributed by atoms with Gasteiger partial charge in [0.1, 0.15) is 17.3 Å². The van der Waals surface area contributed by atoms with Crippen LogP contribution >= 0.6 is 0 Å². The molecule has 35 heavy (non-hydrogen) atoms. The summed E-state index contributed by atoms with van der Waals surface area (Å²) in [6, 6.07) is 21.5. The van der Waals surface area contributed by atoms with Gasteiger partial charge >= 0.3 is 0 Å². The van der Waals surface area contributed by atoms with Crippen molar-refractivity contribution in [2.75, 3.05) is 5.32 Å². The van der Waals surface area contributed by atoms with Crippen LogP contribution in [-0.4, -0.2) is 35.6 Å². The molecule has 0 aliphatic carbocycles. The maximum absolute atomic E-state index is 6.24. The van der Waals surface area contributed by atoms with Crippen LogP contribution in [0.3, 0.4) is 0 Å². The molecule has 0 saturated carbocycles. The van der Waals surface area contributed by atoms with E-state index < -0.39 is 0 Å². The number of rotatable bonds is 9. The van der Waals surface area contributed by atoms with Crippen LogP contribution in [0.25, 0.3) is 11.4 Å². The standard InChI is InChI=1S/C26H24N8O/c1-2-19-10-11-23(26(30-19)22-8-3-4-14-27-22)35-21-13-15-28-25(17-21)29-20-7-5-6-18(16-20)9-12-24-31-33-34-32-24/h3-8,10-11,13-17H,2,9,12H2,1H3,(H,28,29)(H,31,32,33,34). The summed E-state index contributed by atoms with van der Waals surface area (Å²) in [5.74, 6) is 2.66. The van der Waals surface area contributed by atoms with E-state index in [1.807, 2.05) is 54.6 Å². The molecule has 0 amide bonds. The largest absolute Gasteiger partial charge is 0.455 e. The van der Waals surface area contributed by atoms with Crippen LogP contribution < -0.4 is 10.1 Å². The Morgan fingerprint density at radius 2 is 1.89 bits per heavy atom. The molecule has 4 aromatic heterocycles. The number of H-pyrrole nitrogens is 1. The minimum Gasteiger partial charge on any atom is -0.455 e. The number of anilines is 2. The Morgan fingerprint density at radius 1 is 0.914 bits per heavy atom. The Hall–Kier alpha value is -4.66. The first kappa shape index (κ1) is 22.1. The van der Waals surface area contributed by atoms with Gasteiger partial charge < -0.3 is 10.1 Å². The Kier molecular flexibility index (Phi) is 6.65. The van der Waals surface area contributed by atoms with Gasteiger partial charge in [0.25, 0.3) is 0 Å². The molecule has 0 aliphatic heterocycles. The number of aromatic amines is 1. The maximum Gasteiger partial charge on any atom is 0.174 e. The predicted octanol–water partition coefficient (Wildman–Crippen LogP) is 4.94. The average molecular weight is 465 g/mol. The SMILES string of the molecule is CCc1ccc(Oc2ccnc(Nc3cccc(CCc4nn[nH]n4)c3)c2)c(-c2ccccn2)n1. The number of aryl methyl sites for hydroxylation is 3. The number of pyridine rings is 3.